The van der Waals surface area contributed by atoms with Crippen LogP contribution in [0.3, 0.4) is 0 Å². The van der Waals surface area contributed by atoms with Crippen molar-refractivity contribution in [3.8, 4) is 0 Å². The highest BCUT2D eigenvalue weighted by molar-refractivity contribution is 6.01. The van der Waals surface area contributed by atoms with E-state index >= 15 is 0 Å². The van der Waals surface area contributed by atoms with E-state index in [4.69, 9.17) is 11.1 Å². The first-order chi connectivity index (χ1) is 10.0. The molecule has 1 saturated heterocycles. The highest BCUT2D eigenvalue weighted by atomic mass is 15.1. The van der Waals surface area contributed by atoms with Crippen LogP contribution in [0.2, 0.25) is 0 Å². The predicted molar refractivity (Wildman–Crippen MR) is 89.2 cm³/mol. The number of pyridine rings is 1. The Labute approximate surface area is 128 Å². The molecule has 1 aliphatic heterocycles. The van der Waals surface area contributed by atoms with Gasteiger partial charge in [0.15, 0.2) is 0 Å². The molecule has 0 spiro atoms. The van der Waals surface area contributed by atoms with Crippen molar-refractivity contribution in [3.05, 3.63) is 23.0 Å². The second kappa shape index (κ2) is 6.92. The molecule has 2 heterocycles. The Morgan fingerprint density at radius 3 is 2.81 bits per heavy atom. The molecule has 21 heavy (non-hydrogen) atoms. The number of hydrogen-bond acceptors (Lipinski definition) is 3. The minimum atomic E-state index is 0.129. The molecule has 0 radical (unpaired) electrons. The lowest BCUT2D eigenvalue weighted by Gasteiger charge is -2.26. The fourth-order valence-electron chi connectivity index (χ4n) is 3.49. The van der Waals surface area contributed by atoms with Crippen LogP contribution in [-0.2, 0) is 0 Å². The smallest absolute Gasteiger partial charge is 0.126 e. The molecule has 1 fully saturated rings. The molecule has 1 aliphatic rings. The van der Waals surface area contributed by atoms with Gasteiger partial charge in [-0.05, 0) is 45.1 Å². The molecular formula is C17H28N4. The van der Waals surface area contributed by atoms with Crippen LogP contribution in [0, 0.1) is 25.2 Å². The summed E-state index contributed by atoms with van der Waals surface area (Å²) in [7, 11) is 0. The average molecular weight is 288 g/mol. The summed E-state index contributed by atoms with van der Waals surface area (Å²) in [4.78, 5) is 6.88. The normalized spacial score (nSPS) is 19.4. The van der Waals surface area contributed by atoms with Gasteiger partial charge in [0.1, 0.15) is 5.84 Å². The number of nitrogens with zero attached hydrogens (tertiary/aromatic N) is 2. The summed E-state index contributed by atoms with van der Waals surface area (Å²) in [5.74, 6) is 0.981. The van der Waals surface area contributed by atoms with E-state index in [1.165, 1.54) is 32.1 Å². The summed E-state index contributed by atoms with van der Waals surface area (Å²) in [5, 5.41) is 7.88. The minimum Gasteiger partial charge on any atom is -0.384 e. The number of nitrogen functional groups attached to an aromatic ring is 1. The summed E-state index contributed by atoms with van der Waals surface area (Å²) in [5.41, 5.74) is 9.59. The maximum atomic E-state index is 7.88. The van der Waals surface area contributed by atoms with Crippen LogP contribution >= 0.6 is 0 Å². The lowest BCUT2D eigenvalue weighted by Crippen LogP contribution is -2.28. The fourth-order valence-corrected chi connectivity index (χ4v) is 3.49. The monoisotopic (exact) mass is 288 g/mol. The molecule has 4 heteroatoms. The zero-order valence-electron chi connectivity index (χ0n) is 13.6. The largest absolute Gasteiger partial charge is 0.384 e. The summed E-state index contributed by atoms with van der Waals surface area (Å²) in [6, 6.07) is 2.09. The second-order valence-electron chi connectivity index (χ2n) is 6.23. The number of amidine groups is 1. The Morgan fingerprint density at radius 1 is 1.38 bits per heavy atom. The van der Waals surface area contributed by atoms with Gasteiger partial charge < -0.3 is 10.6 Å². The van der Waals surface area contributed by atoms with E-state index < -0.39 is 0 Å². The maximum absolute atomic E-state index is 7.88. The minimum absolute atomic E-state index is 0.129. The van der Waals surface area contributed by atoms with E-state index in [2.05, 4.69) is 22.9 Å². The Balaban J connectivity index is 2.27. The van der Waals surface area contributed by atoms with Gasteiger partial charge in [0.2, 0.25) is 0 Å². The molecular weight excluding hydrogens is 260 g/mol. The molecule has 4 nitrogen and oxygen atoms in total. The molecule has 1 aromatic rings. The molecule has 1 aromatic heterocycles. The van der Waals surface area contributed by atoms with Crippen molar-refractivity contribution in [1.29, 1.82) is 5.41 Å². The van der Waals surface area contributed by atoms with Gasteiger partial charge >= 0.3 is 0 Å². The van der Waals surface area contributed by atoms with E-state index in [1.54, 1.807) is 0 Å². The first kappa shape index (κ1) is 15.8. The van der Waals surface area contributed by atoms with Gasteiger partial charge in [-0.3, -0.25) is 10.4 Å². The van der Waals surface area contributed by atoms with Gasteiger partial charge in [-0.2, -0.15) is 0 Å². The van der Waals surface area contributed by atoms with Gasteiger partial charge in [0.25, 0.3) is 0 Å². The summed E-state index contributed by atoms with van der Waals surface area (Å²) in [6.07, 6.45) is 6.40. The van der Waals surface area contributed by atoms with Crippen molar-refractivity contribution < 1.29 is 0 Å². The van der Waals surface area contributed by atoms with E-state index in [0.29, 0.717) is 0 Å². The van der Waals surface area contributed by atoms with E-state index in [0.717, 1.165) is 41.6 Å². The third-order valence-electron chi connectivity index (χ3n) is 4.46. The lowest BCUT2D eigenvalue weighted by atomic mass is 9.96. The van der Waals surface area contributed by atoms with Crippen LogP contribution in [-0.4, -0.2) is 23.9 Å². The van der Waals surface area contributed by atoms with Crippen LogP contribution in [0.15, 0.2) is 6.07 Å². The second-order valence-corrected chi connectivity index (χ2v) is 6.23. The third-order valence-corrected chi connectivity index (χ3v) is 4.46. The summed E-state index contributed by atoms with van der Waals surface area (Å²) in [6.45, 7) is 8.35. The Bertz CT molecular complexity index is 510. The lowest BCUT2D eigenvalue weighted by molar-refractivity contribution is 0.435. The van der Waals surface area contributed by atoms with Crippen LogP contribution in [0.25, 0.3) is 0 Å². The number of aryl methyl sites for hydroxylation is 2. The number of hydrogen-bond donors (Lipinski definition) is 2. The molecule has 1 atom stereocenters. The molecule has 3 N–H and O–H groups in total. The quantitative estimate of drug-likeness (QED) is 0.659. The molecule has 2 rings (SSSR count). The van der Waals surface area contributed by atoms with Crippen LogP contribution in [0.4, 0.5) is 5.69 Å². The van der Waals surface area contributed by atoms with Crippen molar-refractivity contribution in [1.82, 2.24) is 4.98 Å². The van der Waals surface area contributed by atoms with Gasteiger partial charge in [0.05, 0.1) is 16.9 Å². The van der Waals surface area contributed by atoms with E-state index in [9.17, 15) is 0 Å². The van der Waals surface area contributed by atoms with Gasteiger partial charge in [-0.15, -0.1) is 0 Å². The van der Waals surface area contributed by atoms with Gasteiger partial charge in [-0.25, -0.2) is 0 Å². The molecule has 0 saturated carbocycles. The predicted octanol–water partition coefficient (Wildman–Crippen LogP) is 3.39. The van der Waals surface area contributed by atoms with Crippen molar-refractivity contribution in [2.24, 2.45) is 11.7 Å². The fraction of sp³-hybridized carbons (Fsp3) is 0.647. The number of anilines is 1. The van der Waals surface area contributed by atoms with Crippen molar-refractivity contribution in [3.63, 3.8) is 0 Å². The van der Waals surface area contributed by atoms with Crippen molar-refractivity contribution >= 4 is 11.5 Å². The zero-order valence-corrected chi connectivity index (χ0v) is 13.6. The standard InChI is InChI=1S/C17H28N4/c1-4-6-14-7-5-9-21(10-8-14)15-11-12(2)20-13(3)16(15)17(18)19/h11,14H,4-10H2,1-3H3,(H3,18,19). The SMILES string of the molecule is CCCC1CCCN(c2cc(C)nc(C)c2C(=N)N)CC1. The molecule has 116 valence electrons. The summed E-state index contributed by atoms with van der Waals surface area (Å²) < 4.78 is 0. The highest BCUT2D eigenvalue weighted by Crippen LogP contribution is 2.29. The van der Waals surface area contributed by atoms with Crippen molar-refractivity contribution in [2.75, 3.05) is 18.0 Å². The number of nitrogens with two attached hydrogens (primary N) is 1. The molecule has 0 amide bonds. The Kier molecular flexibility index (Phi) is 5.21. The van der Waals surface area contributed by atoms with Crippen molar-refractivity contribution in [2.45, 2.75) is 52.9 Å². The highest BCUT2D eigenvalue weighted by Gasteiger charge is 2.21. The molecule has 0 aliphatic carbocycles. The van der Waals surface area contributed by atoms with Crippen LogP contribution in [0.1, 0.15) is 56.0 Å². The van der Waals surface area contributed by atoms with E-state index in [-0.39, 0.29) is 5.84 Å². The molecule has 0 bridgehead atoms. The number of nitrogens with one attached hydrogen (secondary N) is 1. The number of aromatic nitrogens is 1. The first-order valence-corrected chi connectivity index (χ1v) is 8.10. The first-order valence-electron chi connectivity index (χ1n) is 8.10. The summed E-state index contributed by atoms with van der Waals surface area (Å²) >= 11 is 0. The third kappa shape index (κ3) is 3.74. The number of rotatable bonds is 4. The Morgan fingerprint density at radius 2 is 2.14 bits per heavy atom. The van der Waals surface area contributed by atoms with E-state index in [1.807, 2.05) is 13.8 Å². The van der Waals surface area contributed by atoms with Gasteiger partial charge in [-0.1, -0.05) is 19.8 Å². The average Bonchev–Trinajstić information content (AvgIpc) is 2.63. The maximum Gasteiger partial charge on any atom is 0.126 e. The zero-order chi connectivity index (χ0) is 15.4. The van der Waals surface area contributed by atoms with Crippen LogP contribution < -0.4 is 10.6 Å². The van der Waals surface area contributed by atoms with Crippen LogP contribution in [0.5, 0.6) is 0 Å². The van der Waals surface area contributed by atoms with Gasteiger partial charge in [0, 0.05) is 18.8 Å². The Hall–Kier alpha value is -1.58. The molecule has 0 aromatic carbocycles. The topological polar surface area (TPSA) is 66.0 Å². The molecule has 1 unspecified atom stereocenters.